The van der Waals surface area contributed by atoms with Crippen molar-refractivity contribution in [3.05, 3.63) is 35.9 Å². The van der Waals surface area contributed by atoms with Crippen molar-refractivity contribution in [3.63, 3.8) is 0 Å². The molecule has 8 nitrogen and oxygen atoms in total. The van der Waals surface area contributed by atoms with Gasteiger partial charge in [-0.3, -0.25) is 9.59 Å². The average Bonchev–Trinajstić information content (AvgIpc) is 2.59. The highest BCUT2D eigenvalue weighted by Crippen LogP contribution is 2.17. The Morgan fingerprint density at radius 3 is 2.68 bits per heavy atom. The van der Waals surface area contributed by atoms with Crippen LogP contribution in [0, 0.1) is 0 Å². The standard InChI is InChI=1S/C17H20N2O6/c1-11-24-16(25-11)15(21)18-13-9-19(8-7-14(13)20)17(22)23-10-12-5-3-2-4-6-12/h2-6,11,13,16H,7-10H2,1H3,(H,18,21)/t11?,13-,16?/m0/s1. The van der Waals surface area contributed by atoms with Crippen LogP contribution in [0.5, 0.6) is 0 Å². The summed E-state index contributed by atoms with van der Waals surface area (Å²) in [6.45, 7) is 2.16. The van der Waals surface area contributed by atoms with Gasteiger partial charge in [-0.15, -0.1) is 0 Å². The van der Waals surface area contributed by atoms with Crippen LogP contribution in [0.4, 0.5) is 4.79 Å². The highest BCUT2D eigenvalue weighted by molar-refractivity contribution is 5.91. The second-order valence-electron chi connectivity index (χ2n) is 5.94. The van der Waals surface area contributed by atoms with Crippen LogP contribution in [-0.2, 0) is 30.4 Å². The SMILES string of the molecule is CC1OC(C(=O)N[C@H]2CN(C(=O)OCc3ccccc3)CCC2=O)O1. The summed E-state index contributed by atoms with van der Waals surface area (Å²) in [7, 11) is 0. The van der Waals surface area contributed by atoms with Crippen molar-refractivity contribution in [1.82, 2.24) is 10.2 Å². The molecule has 2 amide bonds. The maximum Gasteiger partial charge on any atom is 0.410 e. The molecule has 0 aliphatic carbocycles. The van der Waals surface area contributed by atoms with Crippen molar-refractivity contribution in [2.75, 3.05) is 13.1 Å². The zero-order valence-corrected chi connectivity index (χ0v) is 13.8. The van der Waals surface area contributed by atoms with E-state index in [1.165, 1.54) is 4.90 Å². The molecule has 1 aromatic rings. The van der Waals surface area contributed by atoms with Crippen molar-refractivity contribution in [2.45, 2.75) is 38.6 Å². The van der Waals surface area contributed by atoms with E-state index in [9.17, 15) is 14.4 Å². The average molecular weight is 348 g/mol. The molecule has 8 heteroatoms. The number of ketones is 1. The fourth-order valence-corrected chi connectivity index (χ4v) is 2.66. The molecule has 2 fully saturated rings. The molecule has 2 heterocycles. The van der Waals surface area contributed by atoms with Crippen LogP contribution in [-0.4, -0.2) is 54.4 Å². The summed E-state index contributed by atoms with van der Waals surface area (Å²) in [5, 5.41) is 2.56. The quantitative estimate of drug-likeness (QED) is 0.865. The van der Waals surface area contributed by atoms with Gasteiger partial charge < -0.3 is 24.4 Å². The molecular weight excluding hydrogens is 328 g/mol. The number of hydrogen-bond donors (Lipinski definition) is 1. The number of amides is 2. The van der Waals surface area contributed by atoms with E-state index >= 15 is 0 Å². The molecule has 2 aliphatic heterocycles. The van der Waals surface area contributed by atoms with Gasteiger partial charge >= 0.3 is 6.09 Å². The molecule has 0 unspecified atom stereocenters. The number of nitrogens with one attached hydrogen (secondary N) is 1. The minimum atomic E-state index is -0.997. The van der Waals surface area contributed by atoms with Crippen LogP contribution in [0.3, 0.4) is 0 Å². The van der Waals surface area contributed by atoms with E-state index in [1.54, 1.807) is 6.92 Å². The largest absolute Gasteiger partial charge is 0.445 e. The normalized spacial score (nSPS) is 25.9. The van der Waals surface area contributed by atoms with Gasteiger partial charge in [-0.2, -0.15) is 0 Å². The Kier molecular flexibility index (Phi) is 5.30. The van der Waals surface area contributed by atoms with Crippen LogP contribution >= 0.6 is 0 Å². The van der Waals surface area contributed by atoms with Crippen molar-refractivity contribution in [2.24, 2.45) is 0 Å². The lowest BCUT2D eigenvalue weighted by Crippen LogP contribution is -2.59. The molecule has 2 aliphatic rings. The Bertz CT molecular complexity index is 644. The zero-order valence-electron chi connectivity index (χ0n) is 13.8. The second-order valence-corrected chi connectivity index (χ2v) is 5.94. The van der Waals surface area contributed by atoms with E-state index < -0.39 is 30.6 Å². The third-order valence-corrected chi connectivity index (χ3v) is 4.04. The van der Waals surface area contributed by atoms with E-state index in [1.807, 2.05) is 30.3 Å². The molecule has 1 aromatic carbocycles. The van der Waals surface area contributed by atoms with Gasteiger partial charge in [0.1, 0.15) is 12.6 Å². The predicted octanol–water partition coefficient (Wildman–Crippen LogP) is 0.802. The zero-order chi connectivity index (χ0) is 17.8. The fraction of sp³-hybridized carbons (Fsp3) is 0.471. The lowest BCUT2D eigenvalue weighted by molar-refractivity contribution is -0.357. The number of rotatable bonds is 4. The first-order chi connectivity index (χ1) is 12.0. The number of nitrogens with zero attached hydrogens (tertiary/aromatic N) is 1. The highest BCUT2D eigenvalue weighted by atomic mass is 16.9. The number of carbonyl (C=O) groups excluding carboxylic acids is 3. The Balaban J connectivity index is 1.50. The van der Waals surface area contributed by atoms with Crippen LogP contribution in [0.2, 0.25) is 0 Å². The smallest absolute Gasteiger partial charge is 0.410 e. The van der Waals surface area contributed by atoms with E-state index in [4.69, 9.17) is 14.2 Å². The molecule has 0 spiro atoms. The van der Waals surface area contributed by atoms with Crippen molar-refractivity contribution < 1.29 is 28.6 Å². The molecular formula is C17H20N2O6. The molecule has 2 saturated heterocycles. The first-order valence-corrected chi connectivity index (χ1v) is 8.12. The Labute approximate surface area is 145 Å². The van der Waals surface area contributed by atoms with E-state index in [-0.39, 0.29) is 31.9 Å². The van der Waals surface area contributed by atoms with Gasteiger partial charge in [-0.1, -0.05) is 30.3 Å². The number of hydrogen-bond acceptors (Lipinski definition) is 6. The monoisotopic (exact) mass is 348 g/mol. The number of Topliss-reactive ketones (excluding diaryl/α,β-unsaturated/α-hetero) is 1. The number of carbonyl (C=O) groups is 3. The van der Waals surface area contributed by atoms with E-state index in [0.717, 1.165) is 5.56 Å². The first-order valence-electron chi connectivity index (χ1n) is 8.12. The molecule has 3 rings (SSSR count). The fourth-order valence-electron chi connectivity index (χ4n) is 2.66. The Morgan fingerprint density at radius 2 is 2.00 bits per heavy atom. The third-order valence-electron chi connectivity index (χ3n) is 4.04. The van der Waals surface area contributed by atoms with Gasteiger partial charge in [0.05, 0.1) is 6.54 Å². The molecule has 0 bridgehead atoms. The van der Waals surface area contributed by atoms with Crippen molar-refractivity contribution in [3.8, 4) is 0 Å². The summed E-state index contributed by atoms with van der Waals surface area (Å²) in [5.41, 5.74) is 0.877. The minimum Gasteiger partial charge on any atom is -0.445 e. The maximum absolute atomic E-state index is 12.2. The third kappa shape index (κ3) is 4.34. The van der Waals surface area contributed by atoms with Crippen LogP contribution in [0.1, 0.15) is 18.9 Å². The number of benzene rings is 1. The molecule has 0 radical (unpaired) electrons. The summed E-state index contributed by atoms with van der Waals surface area (Å²) in [4.78, 5) is 37.5. The minimum absolute atomic E-state index is 0.0699. The van der Waals surface area contributed by atoms with Gasteiger partial charge in [0.15, 0.2) is 12.1 Å². The van der Waals surface area contributed by atoms with Gasteiger partial charge in [0, 0.05) is 13.0 Å². The Morgan fingerprint density at radius 1 is 1.28 bits per heavy atom. The summed E-state index contributed by atoms with van der Waals surface area (Å²) in [6.07, 6.45) is -1.78. The van der Waals surface area contributed by atoms with Crippen LogP contribution in [0.25, 0.3) is 0 Å². The molecule has 1 atom stereocenters. The topological polar surface area (TPSA) is 94.2 Å². The second kappa shape index (κ2) is 7.62. The Hall–Kier alpha value is -2.45. The molecule has 25 heavy (non-hydrogen) atoms. The first kappa shape index (κ1) is 17.4. The van der Waals surface area contributed by atoms with Crippen molar-refractivity contribution >= 4 is 17.8 Å². The van der Waals surface area contributed by atoms with Gasteiger partial charge in [-0.05, 0) is 12.5 Å². The van der Waals surface area contributed by atoms with Crippen molar-refractivity contribution in [1.29, 1.82) is 0 Å². The maximum atomic E-state index is 12.2. The van der Waals surface area contributed by atoms with Gasteiger partial charge in [-0.25, -0.2) is 4.79 Å². The van der Waals surface area contributed by atoms with Gasteiger partial charge in [0.2, 0.25) is 6.29 Å². The molecule has 0 aromatic heterocycles. The summed E-state index contributed by atoms with van der Waals surface area (Å²) in [5.74, 6) is -0.649. The summed E-state index contributed by atoms with van der Waals surface area (Å²) >= 11 is 0. The summed E-state index contributed by atoms with van der Waals surface area (Å²) in [6, 6.07) is 8.53. The van der Waals surface area contributed by atoms with Gasteiger partial charge in [0.25, 0.3) is 5.91 Å². The predicted molar refractivity (Wildman–Crippen MR) is 85.2 cm³/mol. The summed E-state index contributed by atoms with van der Waals surface area (Å²) < 4.78 is 15.4. The lowest BCUT2D eigenvalue weighted by Gasteiger charge is -2.35. The van der Waals surface area contributed by atoms with Crippen LogP contribution in [0.15, 0.2) is 30.3 Å². The molecule has 1 N–H and O–H groups in total. The molecule has 134 valence electrons. The van der Waals surface area contributed by atoms with E-state index in [2.05, 4.69) is 5.32 Å². The number of ether oxygens (including phenoxy) is 3. The molecule has 0 saturated carbocycles. The van der Waals surface area contributed by atoms with E-state index in [0.29, 0.717) is 0 Å². The number of piperidine rings is 1. The number of likely N-dealkylation sites (tertiary alicyclic amines) is 1. The lowest BCUT2D eigenvalue weighted by atomic mass is 10.0. The highest BCUT2D eigenvalue weighted by Gasteiger charge is 2.38. The van der Waals surface area contributed by atoms with Crippen LogP contribution < -0.4 is 5.32 Å².